The lowest BCUT2D eigenvalue weighted by atomic mass is 10.1. The lowest BCUT2D eigenvalue weighted by Crippen LogP contribution is -2.49. The molecule has 3 rings (SSSR count). The largest absolute Gasteiger partial charge is 0.482 e. The highest BCUT2D eigenvalue weighted by molar-refractivity contribution is 5.82. The van der Waals surface area contributed by atoms with Gasteiger partial charge in [0.2, 0.25) is 6.10 Å². The second-order valence-electron chi connectivity index (χ2n) is 6.02. The minimum absolute atomic E-state index is 0.0759. The zero-order chi connectivity index (χ0) is 18.7. The molecule has 0 saturated carbocycles. The number of fused-ring (bicyclic) bond motifs is 1. The van der Waals surface area contributed by atoms with Crippen molar-refractivity contribution in [2.24, 2.45) is 0 Å². The van der Waals surface area contributed by atoms with Gasteiger partial charge in [0.25, 0.3) is 5.91 Å². The molecule has 5 nitrogen and oxygen atoms in total. The van der Waals surface area contributed by atoms with Crippen LogP contribution in [0.5, 0.6) is 17.2 Å². The van der Waals surface area contributed by atoms with Crippen LogP contribution in [0, 0.1) is 0 Å². The summed E-state index contributed by atoms with van der Waals surface area (Å²) in [5, 5.41) is 0. The number of carbonyl (C=O) groups is 1. The first kappa shape index (κ1) is 18.0. The molecule has 0 aliphatic carbocycles. The molecule has 1 amide bonds. The highest BCUT2D eigenvalue weighted by Crippen LogP contribution is 2.33. The van der Waals surface area contributed by atoms with Gasteiger partial charge >= 0.3 is 6.61 Å². The van der Waals surface area contributed by atoms with Crippen LogP contribution in [0.4, 0.5) is 8.78 Å². The molecule has 2 aromatic rings. The van der Waals surface area contributed by atoms with Gasteiger partial charge in [-0.25, -0.2) is 0 Å². The van der Waals surface area contributed by atoms with E-state index in [1.165, 1.54) is 17.0 Å². The predicted molar refractivity (Wildman–Crippen MR) is 90.5 cm³/mol. The number of nitrogens with zero attached hydrogens (tertiary/aromatic N) is 1. The fraction of sp³-hybridized carbons (Fsp3) is 0.316. The summed E-state index contributed by atoms with van der Waals surface area (Å²) in [5.74, 6) is 0.999. The summed E-state index contributed by atoms with van der Waals surface area (Å²) in [4.78, 5) is 14.2. The summed E-state index contributed by atoms with van der Waals surface area (Å²) in [7, 11) is 1.66. The van der Waals surface area contributed by atoms with E-state index in [4.69, 9.17) is 9.47 Å². The van der Waals surface area contributed by atoms with Gasteiger partial charge in [0.05, 0.1) is 0 Å². The van der Waals surface area contributed by atoms with E-state index >= 15 is 0 Å². The van der Waals surface area contributed by atoms with Crippen LogP contribution in [0.2, 0.25) is 0 Å². The van der Waals surface area contributed by atoms with Gasteiger partial charge in [0.1, 0.15) is 11.9 Å². The zero-order valence-electron chi connectivity index (χ0n) is 14.4. The van der Waals surface area contributed by atoms with Crippen LogP contribution in [0.3, 0.4) is 0 Å². The zero-order valence-corrected chi connectivity index (χ0v) is 14.4. The van der Waals surface area contributed by atoms with Crippen molar-refractivity contribution >= 4 is 5.91 Å². The molecule has 1 aliphatic heterocycles. The number of likely N-dealkylation sites (N-methyl/N-ethyl adjacent to an activating group) is 1. The first-order valence-corrected chi connectivity index (χ1v) is 8.15. The highest BCUT2D eigenvalue weighted by Gasteiger charge is 2.35. The minimum atomic E-state index is -2.86. The molecule has 138 valence electrons. The van der Waals surface area contributed by atoms with Gasteiger partial charge in [-0.2, -0.15) is 8.78 Å². The van der Waals surface area contributed by atoms with Crippen LogP contribution < -0.4 is 14.2 Å². The smallest absolute Gasteiger partial charge is 0.387 e. The summed E-state index contributed by atoms with van der Waals surface area (Å²) < 4.78 is 40.2. The van der Waals surface area contributed by atoms with Crippen LogP contribution in [0.1, 0.15) is 12.5 Å². The van der Waals surface area contributed by atoms with E-state index in [-0.39, 0.29) is 11.7 Å². The van der Waals surface area contributed by atoms with Crippen molar-refractivity contribution < 1.29 is 27.8 Å². The van der Waals surface area contributed by atoms with Gasteiger partial charge in [-0.1, -0.05) is 24.3 Å². The lowest BCUT2D eigenvalue weighted by molar-refractivity contribution is -0.143. The molecule has 0 N–H and O–H groups in total. The van der Waals surface area contributed by atoms with Gasteiger partial charge in [-0.3, -0.25) is 4.79 Å². The molecule has 0 radical (unpaired) electrons. The molecule has 2 aromatic carbocycles. The molecular formula is C19H19F2NO4. The van der Waals surface area contributed by atoms with E-state index in [1.54, 1.807) is 38.2 Å². The third kappa shape index (κ3) is 4.04. The summed E-state index contributed by atoms with van der Waals surface area (Å²) in [6, 6.07) is 13.4. The van der Waals surface area contributed by atoms with Gasteiger partial charge in [-0.15, -0.1) is 0 Å². The van der Waals surface area contributed by atoms with Crippen LogP contribution in [0.25, 0.3) is 0 Å². The molecule has 0 aromatic heterocycles. The van der Waals surface area contributed by atoms with Crippen molar-refractivity contribution in [2.75, 3.05) is 7.05 Å². The summed E-state index contributed by atoms with van der Waals surface area (Å²) in [5.41, 5.74) is 0.784. The first-order valence-electron chi connectivity index (χ1n) is 8.15. The van der Waals surface area contributed by atoms with Gasteiger partial charge in [-0.05, 0) is 36.8 Å². The Labute approximate surface area is 150 Å². The van der Waals surface area contributed by atoms with Gasteiger partial charge in [0.15, 0.2) is 11.5 Å². The topological polar surface area (TPSA) is 48.0 Å². The quantitative estimate of drug-likeness (QED) is 0.816. The van der Waals surface area contributed by atoms with E-state index in [1.807, 2.05) is 12.1 Å². The number of halogens is 2. The summed E-state index contributed by atoms with van der Waals surface area (Å²) >= 11 is 0. The number of rotatable bonds is 5. The van der Waals surface area contributed by atoms with E-state index < -0.39 is 18.8 Å². The average molecular weight is 363 g/mol. The Morgan fingerprint density at radius 3 is 2.35 bits per heavy atom. The maximum atomic E-state index is 12.7. The monoisotopic (exact) mass is 363 g/mol. The Kier molecular flexibility index (Phi) is 5.25. The number of ether oxygens (including phenoxy) is 3. The number of benzene rings is 2. The molecule has 1 heterocycles. The van der Waals surface area contributed by atoms with Gasteiger partial charge < -0.3 is 19.1 Å². The standard InChI is InChI=1S/C19H19F2NO4/c1-12-17(26-16-6-4-3-5-15(16)24-12)18(23)22(2)11-13-7-9-14(10-8-13)25-19(20)21/h3-10,12,17,19H,11H2,1-2H3/t12-,17+/m1/s1. The first-order chi connectivity index (χ1) is 12.4. The van der Waals surface area contributed by atoms with Crippen LogP contribution in [0.15, 0.2) is 48.5 Å². The van der Waals surface area contributed by atoms with Gasteiger partial charge in [0, 0.05) is 13.6 Å². The molecule has 0 spiro atoms. The maximum absolute atomic E-state index is 12.7. The molecule has 7 heteroatoms. The number of amides is 1. The average Bonchev–Trinajstić information content (AvgIpc) is 2.61. The Hall–Kier alpha value is -2.83. The number of carbonyl (C=O) groups excluding carboxylic acids is 1. The van der Waals surface area contributed by atoms with E-state index in [9.17, 15) is 13.6 Å². The Morgan fingerprint density at radius 2 is 1.73 bits per heavy atom. The predicted octanol–water partition coefficient (Wildman–Crippen LogP) is 3.47. The van der Waals surface area contributed by atoms with E-state index in [0.29, 0.717) is 18.0 Å². The number of alkyl halides is 2. The van der Waals surface area contributed by atoms with Crippen molar-refractivity contribution in [1.82, 2.24) is 4.90 Å². The second-order valence-corrected chi connectivity index (χ2v) is 6.02. The Bertz CT molecular complexity index is 766. The van der Waals surface area contributed by atoms with Crippen molar-refractivity contribution in [3.8, 4) is 17.2 Å². The number of hydrogen-bond donors (Lipinski definition) is 0. The second kappa shape index (κ2) is 7.59. The van der Waals surface area contributed by atoms with Crippen molar-refractivity contribution in [3.05, 3.63) is 54.1 Å². The normalized spacial score (nSPS) is 18.5. The third-order valence-corrected chi connectivity index (χ3v) is 4.03. The molecule has 0 unspecified atom stereocenters. The van der Waals surface area contributed by atoms with Crippen molar-refractivity contribution in [1.29, 1.82) is 0 Å². The minimum Gasteiger partial charge on any atom is -0.482 e. The fourth-order valence-electron chi connectivity index (χ4n) is 2.74. The van der Waals surface area contributed by atoms with Crippen LogP contribution >= 0.6 is 0 Å². The molecule has 2 atom stereocenters. The summed E-state index contributed by atoms with van der Waals surface area (Å²) in [6.45, 7) is -0.775. The Morgan fingerprint density at radius 1 is 1.12 bits per heavy atom. The molecule has 1 aliphatic rings. The molecular weight excluding hydrogens is 344 g/mol. The van der Waals surface area contributed by atoms with Crippen molar-refractivity contribution in [3.63, 3.8) is 0 Å². The molecule has 26 heavy (non-hydrogen) atoms. The SMILES string of the molecule is C[C@H]1Oc2ccccc2O[C@@H]1C(=O)N(C)Cc1ccc(OC(F)F)cc1. The number of hydrogen-bond acceptors (Lipinski definition) is 4. The lowest BCUT2D eigenvalue weighted by Gasteiger charge is -2.33. The van der Waals surface area contributed by atoms with Crippen LogP contribution in [-0.2, 0) is 11.3 Å². The van der Waals surface area contributed by atoms with Crippen molar-refractivity contribution in [2.45, 2.75) is 32.3 Å². The maximum Gasteiger partial charge on any atom is 0.387 e. The molecule has 0 fully saturated rings. The summed E-state index contributed by atoms with van der Waals surface area (Å²) in [6.07, 6.45) is -1.18. The number of para-hydroxylation sites is 2. The third-order valence-electron chi connectivity index (χ3n) is 4.03. The highest BCUT2D eigenvalue weighted by atomic mass is 19.3. The fourth-order valence-corrected chi connectivity index (χ4v) is 2.74. The van der Waals surface area contributed by atoms with E-state index in [2.05, 4.69) is 4.74 Å². The Balaban J connectivity index is 1.64. The van der Waals surface area contributed by atoms with Crippen LogP contribution in [-0.4, -0.2) is 36.7 Å². The van der Waals surface area contributed by atoms with E-state index in [0.717, 1.165) is 5.56 Å². The molecule has 0 bridgehead atoms. The molecule has 0 saturated heterocycles.